The average Bonchev–Trinajstić information content (AvgIpc) is 3.09. The molecule has 2 aromatic carbocycles. The first-order valence-corrected chi connectivity index (χ1v) is 8.32. The van der Waals surface area contributed by atoms with Crippen LogP contribution in [0.1, 0.15) is 31.0 Å². The lowest BCUT2D eigenvalue weighted by atomic mass is 10.1. The summed E-state index contributed by atoms with van der Waals surface area (Å²) < 4.78 is 10.8. The van der Waals surface area contributed by atoms with Crippen LogP contribution >= 0.6 is 0 Å². The van der Waals surface area contributed by atoms with Gasteiger partial charge in [0.1, 0.15) is 0 Å². The summed E-state index contributed by atoms with van der Waals surface area (Å²) in [5, 5.41) is 8.43. The number of urea groups is 1. The van der Waals surface area contributed by atoms with Gasteiger partial charge in [-0.25, -0.2) is 4.79 Å². The molecule has 0 aliphatic carbocycles. The van der Waals surface area contributed by atoms with Crippen molar-refractivity contribution >= 4 is 17.6 Å². The summed E-state index contributed by atoms with van der Waals surface area (Å²) >= 11 is 0. The number of amides is 3. The normalized spacial score (nSPS) is 13.0. The van der Waals surface area contributed by atoms with Gasteiger partial charge in [0.2, 0.25) is 12.7 Å². The number of ether oxygens (including phenoxy) is 2. The molecule has 2 aromatic rings. The Morgan fingerprint density at radius 3 is 2.77 bits per heavy atom. The molecule has 26 heavy (non-hydrogen) atoms. The van der Waals surface area contributed by atoms with E-state index in [1.54, 1.807) is 6.07 Å². The number of carbonyl (C=O) groups excluding carboxylic acids is 2. The van der Waals surface area contributed by atoms with E-state index in [1.165, 1.54) is 6.92 Å². The van der Waals surface area contributed by atoms with Crippen LogP contribution in [-0.4, -0.2) is 18.7 Å². The number of fused-ring (bicyclic) bond motifs is 1. The molecule has 0 saturated carbocycles. The van der Waals surface area contributed by atoms with Crippen molar-refractivity contribution in [1.29, 1.82) is 0 Å². The van der Waals surface area contributed by atoms with Crippen LogP contribution in [-0.2, 0) is 11.3 Å². The standard InChI is InChI=1S/C19H21N3O4/c1-12(14-5-3-7-16(9-14)22-13(2)23)21-19(24)20-10-15-6-4-8-17-18(15)26-11-25-17/h3-9,12H,10-11H2,1-2H3,(H,22,23)(H2,20,21,24)/t12-/m1/s1. The zero-order valence-corrected chi connectivity index (χ0v) is 14.7. The minimum absolute atomic E-state index is 0.137. The molecule has 0 fully saturated rings. The van der Waals surface area contributed by atoms with Gasteiger partial charge in [0, 0.05) is 24.7 Å². The number of nitrogens with one attached hydrogen (secondary N) is 3. The highest BCUT2D eigenvalue weighted by atomic mass is 16.7. The predicted octanol–water partition coefficient (Wildman–Crippen LogP) is 2.93. The first-order chi connectivity index (χ1) is 12.5. The van der Waals surface area contributed by atoms with Crippen LogP contribution in [0.5, 0.6) is 11.5 Å². The Hall–Kier alpha value is -3.22. The van der Waals surface area contributed by atoms with E-state index in [9.17, 15) is 9.59 Å². The molecule has 0 aromatic heterocycles. The first kappa shape index (κ1) is 17.6. The second-order valence-corrected chi connectivity index (χ2v) is 6.01. The number of anilines is 1. The summed E-state index contributed by atoms with van der Waals surface area (Å²) in [5.74, 6) is 1.22. The van der Waals surface area contributed by atoms with Crippen molar-refractivity contribution in [3.63, 3.8) is 0 Å². The number of carbonyl (C=O) groups is 2. The zero-order chi connectivity index (χ0) is 18.5. The van der Waals surface area contributed by atoms with Gasteiger partial charge in [-0.1, -0.05) is 24.3 Å². The third kappa shape index (κ3) is 4.24. The fourth-order valence-electron chi connectivity index (χ4n) is 2.73. The lowest BCUT2D eigenvalue weighted by Gasteiger charge is -2.16. The molecule has 0 unspecified atom stereocenters. The zero-order valence-electron chi connectivity index (χ0n) is 14.7. The van der Waals surface area contributed by atoms with Crippen LogP contribution in [0.2, 0.25) is 0 Å². The number of benzene rings is 2. The van der Waals surface area contributed by atoms with Crippen molar-refractivity contribution in [2.24, 2.45) is 0 Å². The molecule has 1 atom stereocenters. The van der Waals surface area contributed by atoms with Crippen LogP contribution in [0, 0.1) is 0 Å². The van der Waals surface area contributed by atoms with E-state index in [1.807, 2.05) is 43.3 Å². The summed E-state index contributed by atoms with van der Waals surface area (Å²) in [6.45, 7) is 3.86. The smallest absolute Gasteiger partial charge is 0.315 e. The van der Waals surface area contributed by atoms with E-state index < -0.39 is 0 Å². The van der Waals surface area contributed by atoms with Crippen molar-refractivity contribution in [1.82, 2.24) is 10.6 Å². The topological polar surface area (TPSA) is 88.7 Å². The summed E-state index contributed by atoms with van der Waals surface area (Å²) in [4.78, 5) is 23.4. The molecule has 3 amide bonds. The van der Waals surface area contributed by atoms with Crippen molar-refractivity contribution in [3.8, 4) is 11.5 Å². The van der Waals surface area contributed by atoms with Gasteiger partial charge in [-0.05, 0) is 30.7 Å². The van der Waals surface area contributed by atoms with E-state index in [-0.39, 0.29) is 24.8 Å². The third-order valence-corrected chi connectivity index (χ3v) is 3.97. The maximum absolute atomic E-state index is 12.2. The Bertz CT molecular complexity index is 822. The fourth-order valence-corrected chi connectivity index (χ4v) is 2.73. The minimum atomic E-state index is -0.293. The van der Waals surface area contributed by atoms with Crippen LogP contribution in [0.3, 0.4) is 0 Å². The summed E-state index contributed by atoms with van der Waals surface area (Å²) in [5.41, 5.74) is 2.44. The lowest BCUT2D eigenvalue weighted by Crippen LogP contribution is -2.36. The second-order valence-electron chi connectivity index (χ2n) is 6.01. The Labute approximate surface area is 151 Å². The van der Waals surface area contributed by atoms with Gasteiger partial charge in [-0.2, -0.15) is 0 Å². The SMILES string of the molecule is CC(=O)Nc1cccc([C@@H](C)NC(=O)NCc2cccc3c2OCO3)c1. The first-order valence-electron chi connectivity index (χ1n) is 8.32. The number of rotatable bonds is 5. The summed E-state index contributed by atoms with van der Waals surface area (Å²) in [6, 6.07) is 12.4. The molecule has 0 saturated heterocycles. The van der Waals surface area contributed by atoms with Gasteiger partial charge in [-0.15, -0.1) is 0 Å². The van der Waals surface area contributed by atoms with Gasteiger partial charge < -0.3 is 25.4 Å². The Morgan fingerprint density at radius 2 is 1.96 bits per heavy atom. The molecule has 7 nitrogen and oxygen atoms in total. The van der Waals surface area contributed by atoms with Crippen molar-refractivity contribution in [2.45, 2.75) is 26.4 Å². The van der Waals surface area contributed by atoms with E-state index in [4.69, 9.17) is 9.47 Å². The van der Waals surface area contributed by atoms with Crippen molar-refractivity contribution < 1.29 is 19.1 Å². The van der Waals surface area contributed by atoms with Gasteiger partial charge >= 0.3 is 6.03 Å². The van der Waals surface area contributed by atoms with Gasteiger partial charge in [0.15, 0.2) is 11.5 Å². The molecule has 0 spiro atoms. The van der Waals surface area contributed by atoms with Crippen molar-refractivity contribution in [2.75, 3.05) is 12.1 Å². The molecule has 1 aliphatic heterocycles. The fraction of sp³-hybridized carbons (Fsp3) is 0.263. The van der Waals surface area contributed by atoms with Crippen LogP contribution in [0.25, 0.3) is 0 Å². The van der Waals surface area contributed by atoms with E-state index in [0.29, 0.717) is 23.7 Å². The monoisotopic (exact) mass is 355 g/mol. The molecule has 3 N–H and O–H groups in total. The molecule has 0 radical (unpaired) electrons. The third-order valence-electron chi connectivity index (χ3n) is 3.97. The highest BCUT2D eigenvalue weighted by Gasteiger charge is 2.17. The van der Waals surface area contributed by atoms with E-state index >= 15 is 0 Å². The highest BCUT2D eigenvalue weighted by Crippen LogP contribution is 2.35. The number of para-hydroxylation sites is 1. The molecule has 1 heterocycles. The quantitative estimate of drug-likeness (QED) is 0.769. The second kappa shape index (κ2) is 7.77. The highest BCUT2D eigenvalue weighted by molar-refractivity contribution is 5.88. The minimum Gasteiger partial charge on any atom is -0.454 e. The average molecular weight is 355 g/mol. The largest absolute Gasteiger partial charge is 0.454 e. The van der Waals surface area contributed by atoms with E-state index in [2.05, 4.69) is 16.0 Å². The molecule has 1 aliphatic rings. The van der Waals surface area contributed by atoms with Gasteiger partial charge in [0.05, 0.1) is 6.04 Å². The van der Waals surface area contributed by atoms with Crippen LogP contribution < -0.4 is 25.4 Å². The maximum atomic E-state index is 12.2. The molecular formula is C19H21N3O4. The molecule has 0 bridgehead atoms. The van der Waals surface area contributed by atoms with Gasteiger partial charge in [0.25, 0.3) is 0 Å². The number of hydrogen-bond donors (Lipinski definition) is 3. The number of hydrogen-bond acceptors (Lipinski definition) is 4. The Morgan fingerprint density at radius 1 is 1.15 bits per heavy atom. The Kier molecular flexibility index (Phi) is 5.26. The van der Waals surface area contributed by atoms with Crippen LogP contribution in [0.4, 0.5) is 10.5 Å². The molecular weight excluding hydrogens is 334 g/mol. The van der Waals surface area contributed by atoms with Gasteiger partial charge in [-0.3, -0.25) is 4.79 Å². The summed E-state index contributed by atoms with van der Waals surface area (Å²) in [7, 11) is 0. The molecule has 3 rings (SSSR count). The van der Waals surface area contributed by atoms with E-state index in [0.717, 1.165) is 11.1 Å². The molecule has 7 heteroatoms. The summed E-state index contributed by atoms with van der Waals surface area (Å²) in [6.07, 6.45) is 0. The lowest BCUT2D eigenvalue weighted by molar-refractivity contribution is -0.114. The maximum Gasteiger partial charge on any atom is 0.315 e. The predicted molar refractivity (Wildman–Crippen MR) is 97.1 cm³/mol. The van der Waals surface area contributed by atoms with Crippen LogP contribution in [0.15, 0.2) is 42.5 Å². The Balaban J connectivity index is 1.56. The van der Waals surface area contributed by atoms with Crippen molar-refractivity contribution in [3.05, 3.63) is 53.6 Å². The molecule has 136 valence electrons.